The lowest BCUT2D eigenvalue weighted by atomic mass is 9.96. The Hall–Kier alpha value is -2.08. The molecule has 3 rings (SSSR count). The number of likely N-dealkylation sites (N-methyl/N-ethyl adjacent to an activating group) is 1. The summed E-state index contributed by atoms with van der Waals surface area (Å²) in [5.74, 6) is 0.848. The van der Waals surface area contributed by atoms with Crippen LogP contribution in [0.3, 0.4) is 0 Å². The highest BCUT2D eigenvalue weighted by Crippen LogP contribution is 2.29. The first kappa shape index (κ1) is 13.9. The third kappa shape index (κ3) is 2.58. The molecule has 1 aliphatic heterocycles. The Bertz CT molecular complexity index is 630. The summed E-state index contributed by atoms with van der Waals surface area (Å²) >= 11 is 0. The van der Waals surface area contributed by atoms with Crippen molar-refractivity contribution in [2.45, 2.75) is 19.0 Å². The summed E-state index contributed by atoms with van der Waals surface area (Å²) in [6.45, 7) is 2.12. The minimum Gasteiger partial charge on any atom is -0.468 e. The Balaban J connectivity index is 1.88. The van der Waals surface area contributed by atoms with Crippen molar-refractivity contribution in [2.24, 2.45) is 7.05 Å². The zero-order valence-corrected chi connectivity index (χ0v) is 12.6. The van der Waals surface area contributed by atoms with Crippen molar-refractivity contribution in [1.29, 1.82) is 0 Å². The number of carbonyl (C=O) groups is 1. The van der Waals surface area contributed by atoms with Crippen molar-refractivity contribution in [3.05, 3.63) is 41.9 Å². The van der Waals surface area contributed by atoms with Gasteiger partial charge >= 0.3 is 0 Å². The molecule has 0 aromatic carbocycles. The zero-order valence-electron chi connectivity index (χ0n) is 12.6. The van der Waals surface area contributed by atoms with Crippen molar-refractivity contribution in [3.63, 3.8) is 0 Å². The first-order chi connectivity index (χ1) is 10.1. The van der Waals surface area contributed by atoms with E-state index in [0.29, 0.717) is 13.1 Å². The number of carbonyl (C=O) groups excluding carboxylic acids is 1. The van der Waals surface area contributed by atoms with Crippen molar-refractivity contribution in [1.82, 2.24) is 19.4 Å². The largest absolute Gasteiger partial charge is 0.468 e. The summed E-state index contributed by atoms with van der Waals surface area (Å²) in [5, 5.41) is 0. The van der Waals surface area contributed by atoms with Gasteiger partial charge in [0.2, 0.25) is 5.91 Å². The van der Waals surface area contributed by atoms with Gasteiger partial charge < -0.3 is 13.9 Å². The molecule has 0 spiro atoms. The van der Waals surface area contributed by atoms with E-state index < -0.39 is 0 Å². The van der Waals surface area contributed by atoms with Gasteiger partial charge in [-0.2, -0.15) is 0 Å². The molecule has 0 fully saturated rings. The van der Waals surface area contributed by atoms with Crippen LogP contribution in [0.2, 0.25) is 0 Å². The van der Waals surface area contributed by atoms with Gasteiger partial charge in [-0.15, -0.1) is 0 Å². The molecule has 6 nitrogen and oxygen atoms in total. The molecule has 2 aromatic rings. The number of nitrogens with zero attached hydrogens (tertiary/aromatic N) is 4. The molecule has 0 N–H and O–H groups in total. The van der Waals surface area contributed by atoms with Gasteiger partial charge in [-0.1, -0.05) is 0 Å². The molecule has 6 heteroatoms. The summed E-state index contributed by atoms with van der Waals surface area (Å²) in [4.78, 5) is 20.8. The molecule has 0 bridgehead atoms. The molecule has 1 amide bonds. The Labute approximate surface area is 124 Å². The van der Waals surface area contributed by atoms with Crippen LogP contribution in [-0.2, 0) is 24.9 Å². The summed E-state index contributed by atoms with van der Waals surface area (Å²) in [6.07, 6.45) is 3.46. The van der Waals surface area contributed by atoms with Crippen LogP contribution < -0.4 is 0 Å². The van der Waals surface area contributed by atoms with E-state index in [1.807, 2.05) is 23.7 Å². The molecule has 0 saturated heterocycles. The van der Waals surface area contributed by atoms with E-state index in [0.717, 1.165) is 23.7 Å². The molecular formula is C15H20N4O2. The van der Waals surface area contributed by atoms with Crippen LogP contribution in [0, 0.1) is 0 Å². The number of rotatable bonds is 3. The van der Waals surface area contributed by atoms with Crippen LogP contribution in [0.1, 0.15) is 23.1 Å². The van der Waals surface area contributed by atoms with E-state index in [1.54, 1.807) is 31.6 Å². The number of hydrogen-bond donors (Lipinski definition) is 0. The fraction of sp³-hybridized carbons (Fsp3) is 0.467. The summed E-state index contributed by atoms with van der Waals surface area (Å²) in [5.41, 5.74) is 2.01. The van der Waals surface area contributed by atoms with E-state index in [4.69, 9.17) is 4.42 Å². The SMILES string of the molecule is CN(C)C(=O)C1CN(Cc2ccco2)Cc2ncn(C)c21. The van der Waals surface area contributed by atoms with Crippen LogP contribution in [0.15, 0.2) is 29.1 Å². The van der Waals surface area contributed by atoms with E-state index >= 15 is 0 Å². The number of amides is 1. The molecule has 0 saturated carbocycles. The van der Waals surface area contributed by atoms with Crippen molar-refractivity contribution in [2.75, 3.05) is 20.6 Å². The molecule has 2 aromatic heterocycles. The van der Waals surface area contributed by atoms with Gasteiger partial charge in [0.15, 0.2) is 0 Å². The average Bonchev–Trinajstić information content (AvgIpc) is 3.08. The smallest absolute Gasteiger partial charge is 0.232 e. The van der Waals surface area contributed by atoms with Crippen LogP contribution in [0.25, 0.3) is 0 Å². The van der Waals surface area contributed by atoms with E-state index in [9.17, 15) is 4.79 Å². The first-order valence-electron chi connectivity index (χ1n) is 7.02. The Morgan fingerprint density at radius 1 is 1.52 bits per heavy atom. The van der Waals surface area contributed by atoms with Crippen LogP contribution in [0.5, 0.6) is 0 Å². The van der Waals surface area contributed by atoms with E-state index in [2.05, 4.69) is 9.88 Å². The minimum absolute atomic E-state index is 0.115. The van der Waals surface area contributed by atoms with Gasteiger partial charge in [-0.3, -0.25) is 9.69 Å². The van der Waals surface area contributed by atoms with Crippen LogP contribution >= 0.6 is 0 Å². The number of furan rings is 1. The Morgan fingerprint density at radius 3 is 3.00 bits per heavy atom. The third-order valence-electron chi connectivity index (χ3n) is 3.91. The average molecular weight is 288 g/mol. The maximum absolute atomic E-state index is 12.5. The van der Waals surface area contributed by atoms with Crippen molar-refractivity contribution >= 4 is 5.91 Å². The second-order valence-corrected chi connectivity index (χ2v) is 5.72. The van der Waals surface area contributed by atoms with Gasteiger partial charge in [-0.25, -0.2) is 4.98 Å². The molecule has 112 valence electrons. The maximum atomic E-state index is 12.5. The highest BCUT2D eigenvalue weighted by Gasteiger charge is 2.34. The summed E-state index contributed by atoms with van der Waals surface area (Å²) < 4.78 is 7.37. The van der Waals surface area contributed by atoms with Gasteiger partial charge in [-0.05, 0) is 12.1 Å². The predicted octanol–water partition coefficient (Wildman–Crippen LogP) is 1.20. The quantitative estimate of drug-likeness (QED) is 0.851. The standard InChI is InChI=1S/C15H20N4O2/c1-17(2)15(20)12-8-19(7-11-5-4-6-21-11)9-13-14(12)18(3)10-16-13/h4-6,10,12H,7-9H2,1-3H3. The normalized spacial score (nSPS) is 18.5. The molecule has 3 heterocycles. The second-order valence-electron chi connectivity index (χ2n) is 5.72. The zero-order chi connectivity index (χ0) is 15.0. The number of fused-ring (bicyclic) bond motifs is 1. The maximum Gasteiger partial charge on any atom is 0.232 e. The van der Waals surface area contributed by atoms with Crippen molar-refractivity contribution < 1.29 is 9.21 Å². The molecular weight excluding hydrogens is 268 g/mol. The van der Waals surface area contributed by atoms with Crippen LogP contribution in [-0.4, -0.2) is 45.9 Å². The molecule has 21 heavy (non-hydrogen) atoms. The third-order valence-corrected chi connectivity index (χ3v) is 3.91. The van der Waals surface area contributed by atoms with Crippen LogP contribution in [0.4, 0.5) is 0 Å². The van der Waals surface area contributed by atoms with Gasteiger partial charge in [0.05, 0.1) is 36.4 Å². The Kier molecular flexibility index (Phi) is 3.55. The fourth-order valence-corrected chi connectivity index (χ4v) is 2.93. The molecule has 0 aliphatic carbocycles. The predicted molar refractivity (Wildman–Crippen MR) is 77.5 cm³/mol. The summed E-state index contributed by atoms with van der Waals surface area (Å²) in [7, 11) is 5.54. The monoisotopic (exact) mass is 288 g/mol. The lowest BCUT2D eigenvalue weighted by Crippen LogP contribution is -2.41. The van der Waals surface area contributed by atoms with Gasteiger partial charge in [0, 0.05) is 34.2 Å². The second kappa shape index (κ2) is 5.37. The Morgan fingerprint density at radius 2 is 2.33 bits per heavy atom. The van der Waals surface area contributed by atoms with E-state index in [-0.39, 0.29) is 11.8 Å². The number of hydrogen-bond acceptors (Lipinski definition) is 4. The number of aromatic nitrogens is 2. The van der Waals surface area contributed by atoms with Gasteiger partial charge in [0.1, 0.15) is 5.76 Å². The minimum atomic E-state index is -0.175. The number of aryl methyl sites for hydroxylation is 1. The van der Waals surface area contributed by atoms with Gasteiger partial charge in [0.25, 0.3) is 0 Å². The summed E-state index contributed by atoms with van der Waals surface area (Å²) in [6, 6.07) is 3.84. The molecule has 1 atom stereocenters. The highest BCUT2D eigenvalue weighted by atomic mass is 16.3. The fourth-order valence-electron chi connectivity index (χ4n) is 2.93. The van der Waals surface area contributed by atoms with E-state index in [1.165, 1.54) is 0 Å². The molecule has 1 unspecified atom stereocenters. The van der Waals surface area contributed by atoms with Crippen molar-refractivity contribution in [3.8, 4) is 0 Å². The molecule has 1 aliphatic rings. The lowest BCUT2D eigenvalue weighted by molar-refractivity contribution is -0.131. The first-order valence-corrected chi connectivity index (χ1v) is 7.02. The number of imidazole rings is 1. The molecule has 0 radical (unpaired) electrons. The lowest BCUT2D eigenvalue weighted by Gasteiger charge is -2.32. The topological polar surface area (TPSA) is 54.5 Å². The highest BCUT2D eigenvalue weighted by molar-refractivity contribution is 5.83.